The molecule has 2 aliphatic heterocycles. The highest BCUT2D eigenvalue weighted by molar-refractivity contribution is 5.99. The Bertz CT molecular complexity index is 1260. The molecule has 1 aromatic heterocycles. The molecule has 6 heteroatoms. The molecule has 2 saturated heterocycles. The average molecular weight is 476 g/mol. The van der Waals surface area contributed by atoms with Crippen LogP contribution in [0.1, 0.15) is 19.3 Å². The first-order chi connectivity index (χ1) is 17.8. The van der Waals surface area contributed by atoms with E-state index in [2.05, 4.69) is 22.0 Å². The number of fused-ring (bicyclic) bond motifs is 2. The van der Waals surface area contributed by atoms with E-state index in [-0.39, 0.29) is 18.1 Å². The fraction of sp³-hybridized carbons (Fsp3) is 0.233. The van der Waals surface area contributed by atoms with Crippen LogP contribution in [0.5, 0.6) is 0 Å². The first kappa shape index (κ1) is 22.3. The molecule has 0 radical (unpaired) electrons. The maximum atomic E-state index is 14.0. The Balaban J connectivity index is 1.28. The highest BCUT2D eigenvalue weighted by atomic mass is 16.2. The number of hydrogen-bond acceptors (Lipinski definition) is 4. The van der Waals surface area contributed by atoms with Gasteiger partial charge in [-0.2, -0.15) is 0 Å². The van der Waals surface area contributed by atoms with Crippen LogP contribution < -0.4 is 9.80 Å². The number of carbonyl (C=O) groups is 1. The Morgan fingerprint density at radius 2 is 1.31 bits per heavy atom. The lowest BCUT2D eigenvalue weighted by Crippen LogP contribution is -2.63. The van der Waals surface area contributed by atoms with Gasteiger partial charge in [-0.15, -0.1) is 0 Å². The van der Waals surface area contributed by atoms with E-state index in [1.54, 1.807) is 0 Å². The molecule has 4 aromatic rings. The van der Waals surface area contributed by atoms with Gasteiger partial charge in [0.05, 0.1) is 17.1 Å². The van der Waals surface area contributed by atoms with Crippen LogP contribution in [0.2, 0.25) is 0 Å². The lowest BCUT2D eigenvalue weighted by atomic mass is 9.91. The molecule has 36 heavy (non-hydrogen) atoms. The molecule has 2 aliphatic rings. The zero-order valence-electron chi connectivity index (χ0n) is 20.1. The summed E-state index contributed by atoms with van der Waals surface area (Å²) in [5.41, 5.74) is 3.76. The van der Waals surface area contributed by atoms with Gasteiger partial charge in [0, 0.05) is 36.9 Å². The number of likely N-dealkylation sites (tertiary alicyclic amines) is 1. The monoisotopic (exact) mass is 475 g/mol. The Hall–Kier alpha value is -4.19. The number of piperidine rings is 1. The van der Waals surface area contributed by atoms with Crippen LogP contribution in [-0.4, -0.2) is 46.1 Å². The van der Waals surface area contributed by atoms with E-state index >= 15 is 0 Å². The van der Waals surface area contributed by atoms with Crippen molar-refractivity contribution in [3.05, 3.63) is 103 Å². The summed E-state index contributed by atoms with van der Waals surface area (Å²) in [7, 11) is 0. The largest absolute Gasteiger partial charge is 0.331 e. The van der Waals surface area contributed by atoms with Crippen molar-refractivity contribution < 1.29 is 4.79 Å². The second-order valence-corrected chi connectivity index (χ2v) is 9.45. The molecule has 2 atom stereocenters. The summed E-state index contributed by atoms with van der Waals surface area (Å²) in [5.74, 6) is 0.765. The maximum absolute atomic E-state index is 14.0. The molecule has 3 aromatic carbocycles. The van der Waals surface area contributed by atoms with Gasteiger partial charge in [0.25, 0.3) is 0 Å². The van der Waals surface area contributed by atoms with Gasteiger partial charge < -0.3 is 9.80 Å². The predicted octanol–water partition coefficient (Wildman–Crippen LogP) is 6.15. The van der Waals surface area contributed by atoms with Crippen LogP contribution in [0.15, 0.2) is 103 Å². The summed E-state index contributed by atoms with van der Waals surface area (Å²) >= 11 is 0. The number of amides is 2. The maximum Gasteiger partial charge on any atom is 0.329 e. The summed E-state index contributed by atoms with van der Waals surface area (Å²) in [6.07, 6.45) is 5.06. The van der Waals surface area contributed by atoms with Crippen molar-refractivity contribution in [3.8, 4) is 11.3 Å². The fourth-order valence-electron chi connectivity index (χ4n) is 5.50. The molecule has 0 unspecified atom stereocenters. The number of anilines is 3. The first-order valence-electron chi connectivity index (χ1n) is 12.6. The number of hydrogen-bond donors (Lipinski definition) is 0. The van der Waals surface area contributed by atoms with Crippen molar-refractivity contribution >= 4 is 23.4 Å². The molecule has 6 rings (SSSR count). The van der Waals surface area contributed by atoms with E-state index in [0.29, 0.717) is 13.1 Å². The first-order valence-corrected chi connectivity index (χ1v) is 12.6. The molecule has 0 aliphatic carbocycles. The van der Waals surface area contributed by atoms with Crippen molar-refractivity contribution in [1.29, 1.82) is 0 Å². The number of benzene rings is 3. The standard InChI is InChI=1S/C30H29N5O/c36-30(35(24-13-6-2-7-14-24)25-15-8-3-9-16-25)33-21-26-17-10-18-27(22-33)34(26)29-31-20-19-28(32-29)23-11-4-1-5-12-23/h1-9,11-16,19-20,26-27H,10,17-18,21-22H2/t26-,27+. The Morgan fingerprint density at radius 1 is 0.750 bits per heavy atom. The zero-order chi connectivity index (χ0) is 24.3. The molecule has 3 heterocycles. The van der Waals surface area contributed by atoms with Gasteiger partial charge >= 0.3 is 6.03 Å². The Labute approximate surface area is 211 Å². The summed E-state index contributed by atoms with van der Waals surface area (Å²) in [4.78, 5) is 29.9. The quantitative estimate of drug-likeness (QED) is 0.356. The molecular formula is C30H29N5O. The summed E-state index contributed by atoms with van der Waals surface area (Å²) in [6, 6.07) is 32.4. The highest BCUT2D eigenvalue weighted by Gasteiger charge is 2.41. The second-order valence-electron chi connectivity index (χ2n) is 9.45. The number of piperazine rings is 1. The topological polar surface area (TPSA) is 52.6 Å². The van der Waals surface area contributed by atoms with Gasteiger partial charge in [0.15, 0.2) is 0 Å². The number of aromatic nitrogens is 2. The van der Waals surface area contributed by atoms with Crippen LogP contribution in [0.25, 0.3) is 11.3 Å². The van der Waals surface area contributed by atoms with E-state index in [0.717, 1.165) is 47.8 Å². The molecule has 0 N–H and O–H groups in total. The molecule has 2 amide bonds. The van der Waals surface area contributed by atoms with Crippen molar-refractivity contribution in [2.75, 3.05) is 22.9 Å². The van der Waals surface area contributed by atoms with Crippen molar-refractivity contribution in [3.63, 3.8) is 0 Å². The minimum absolute atomic E-state index is 0.0166. The number of carbonyl (C=O) groups excluding carboxylic acids is 1. The lowest BCUT2D eigenvalue weighted by Gasteiger charge is -2.50. The fourth-order valence-corrected chi connectivity index (χ4v) is 5.50. The van der Waals surface area contributed by atoms with Crippen LogP contribution >= 0.6 is 0 Å². The average Bonchev–Trinajstić information content (AvgIpc) is 2.94. The van der Waals surface area contributed by atoms with Gasteiger partial charge in [0.1, 0.15) is 0 Å². The normalized spacial score (nSPS) is 19.1. The van der Waals surface area contributed by atoms with E-state index in [1.165, 1.54) is 0 Å². The van der Waals surface area contributed by atoms with Crippen LogP contribution in [0.4, 0.5) is 22.1 Å². The van der Waals surface area contributed by atoms with E-state index in [4.69, 9.17) is 4.98 Å². The Kier molecular flexibility index (Phi) is 6.08. The molecule has 0 spiro atoms. The van der Waals surface area contributed by atoms with Gasteiger partial charge in [-0.05, 0) is 49.6 Å². The number of urea groups is 1. The van der Waals surface area contributed by atoms with Crippen molar-refractivity contribution in [2.45, 2.75) is 31.3 Å². The minimum atomic E-state index is 0.0166. The van der Waals surface area contributed by atoms with Gasteiger partial charge in [-0.3, -0.25) is 4.90 Å². The van der Waals surface area contributed by atoms with E-state index in [1.807, 2.05) is 101 Å². The summed E-state index contributed by atoms with van der Waals surface area (Å²) in [6.45, 7) is 1.31. The number of nitrogens with zero attached hydrogens (tertiary/aromatic N) is 5. The predicted molar refractivity (Wildman–Crippen MR) is 143 cm³/mol. The molecule has 180 valence electrons. The van der Waals surface area contributed by atoms with Crippen molar-refractivity contribution in [1.82, 2.24) is 14.9 Å². The third-order valence-corrected chi connectivity index (χ3v) is 7.16. The second kappa shape index (κ2) is 9.82. The van der Waals surface area contributed by atoms with E-state index in [9.17, 15) is 4.79 Å². The van der Waals surface area contributed by atoms with E-state index < -0.39 is 0 Å². The lowest BCUT2D eigenvalue weighted by molar-refractivity contribution is 0.161. The number of rotatable bonds is 4. The van der Waals surface area contributed by atoms with Gasteiger partial charge in [-0.25, -0.2) is 14.8 Å². The zero-order valence-corrected chi connectivity index (χ0v) is 20.1. The highest BCUT2D eigenvalue weighted by Crippen LogP contribution is 2.34. The molecule has 2 bridgehead atoms. The van der Waals surface area contributed by atoms with Crippen molar-refractivity contribution in [2.24, 2.45) is 0 Å². The molecule has 6 nitrogen and oxygen atoms in total. The van der Waals surface area contributed by atoms with Gasteiger partial charge in [-0.1, -0.05) is 66.7 Å². The third-order valence-electron chi connectivity index (χ3n) is 7.16. The minimum Gasteiger partial charge on any atom is -0.331 e. The third kappa shape index (κ3) is 4.31. The van der Waals surface area contributed by atoms with Crippen LogP contribution in [-0.2, 0) is 0 Å². The van der Waals surface area contributed by atoms with Gasteiger partial charge in [0.2, 0.25) is 5.95 Å². The molecule has 0 saturated carbocycles. The molecule has 2 fully saturated rings. The van der Waals surface area contributed by atoms with Crippen LogP contribution in [0.3, 0.4) is 0 Å². The summed E-state index contributed by atoms with van der Waals surface area (Å²) in [5, 5.41) is 0. The smallest absolute Gasteiger partial charge is 0.329 e. The van der Waals surface area contributed by atoms with Crippen LogP contribution in [0, 0.1) is 0 Å². The summed E-state index contributed by atoms with van der Waals surface area (Å²) < 4.78 is 0. The SMILES string of the molecule is O=C(N1C[C@H]2CCC[C@@H](C1)N2c1nccc(-c2ccccc2)n1)N(c1ccccc1)c1ccccc1. The Morgan fingerprint density at radius 3 is 1.89 bits per heavy atom. The number of para-hydroxylation sites is 2. The molecular weight excluding hydrogens is 446 g/mol.